The maximum atomic E-state index is 11.5. The summed E-state index contributed by atoms with van der Waals surface area (Å²) in [5.74, 6) is -0.601. The predicted octanol–water partition coefficient (Wildman–Crippen LogP) is 5.88. The Labute approximate surface area is 206 Å². The number of nitrogens with one attached hydrogen (secondary N) is 1. The monoisotopic (exact) mass is 469 g/mol. The van der Waals surface area contributed by atoms with Crippen molar-refractivity contribution >= 4 is 28.6 Å². The van der Waals surface area contributed by atoms with E-state index in [-0.39, 0.29) is 5.56 Å². The molecule has 1 aliphatic carbocycles. The summed E-state index contributed by atoms with van der Waals surface area (Å²) in [6.07, 6.45) is 9.52. The first-order valence-electron chi connectivity index (χ1n) is 12.2. The maximum absolute atomic E-state index is 11.5. The molecule has 2 aliphatic rings. The summed E-state index contributed by atoms with van der Waals surface area (Å²) in [5, 5.41) is 12.8. The van der Waals surface area contributed by atoms with Crippen molar-refractivity contribution in [1.82, 2.24) is 4.98 Å². The molecular formula is C29H31N3O3. The molecule has 0 fully saturated rings. The third kappa shape index (κ3) is 5.08. The fourth-order valence-electron chi connectivity index (χ4n) is 5.11. The van der Waals surface area contributed by atoms with Crippen LogP contribution in [-0.2, 0) is 11.2 Å². The number of anilines is 3. The van der Waals surface area contributed by atoms with E-state index in [0.717, 1.165) is 38.0 Å². The molecule has 0 saturated carbocycles. The Morgan fingerprint density at radius 3 is 2.74 bits per heavy atom. The molecule has 2 N–H and O–H groups in total. The number of aromatic nitrogens is 1. The molecule has 6 nitrogen and oxygen atoms in total. The van der Waals surface area contributed by atoms with E-state index in [9.17, 15) is 9.90 Å². The summed E-state index contributed by atoms with van der Waals surface area (Å²) >= 11 is 0. The van der Waals surface area contributed by atoms with Gasteiger partial charge in [0.25, 0.3) is 0 Å². The Morgan fingerprint density at radius 1 is 1.14 bits per heavy atom. The van der Waals surface area contributed by atoms with Crippen LogP contribution in [0.4, 0.5) is 17.1 Å². The quantitative estimate of drug-likeness (QED) is 0.450. The second-order valence-electron chi connectivity index (χ2n) is 9.24. The molecule has 1 atom stereocenters. The lowest BCUT2D eigenvalue weighted by molar-refractivity contribution is 0.0697. The van der Waals surface area contributed by atoms with Crippen LogP contribution in [0.25, 0.3) is 5.57 Å². The van der Waals surface area contributed by atoms with Crippen molar-refractivity contribution in [3.63, 3.8) is 0 Å². The normalized spacial score (nSPS) is 17.3. The Kier molecular flexibility index (Phi) is 6.82. The lowest BCUT2D eigenvalue weighted by Gasteiger charge is -2.28. The Balaban J connectivity index is 1.30. The third-order valence-corrected chi connectivity index (χ3v) is 7.13. The fourth-order valence-corrected chi connectivity index (χ4v) is 5.11. The van der Waals surface area contributed by atoms with Crippen LogP contribution in [0.1, 0.15) is 52.2 Å². The fraction of sp³-hybridized carbons (Fsp3) is 0.310. The van der Waals surface area contributed by atoms with E-state index in [1.165, 1.54) is 40.2 Å². The first kappa shape index (κ1) is 23.1. The number of carbonyl (C=O) groups is 1. The van der Waals surface area contributed by atoms with Gasteiger partial charge in [0.05, 0.1) is 30.7 Å². The largest absolute Gasteiger partial charge is 0.478 e. The second kappa shape index (κ2) is 10.3. The zero-order valence-electron chi connectivity index (χ0n) is 20.0. The van der Waals surface area contributed by atoms with Crippen LogP contribution in [0.15, 0.2) is 67.0 Å². The van der Waals surface area contributed by atoms with Gasteiger partial charge >= 0.3 is 5.97 Å². The van der Waals surface area contributed by atoms with E-state index in [1.54, 1.807) is 6.20 Å². The molecule has 2 aromatic carbocycles. The van der Waals surface area contributed by atoms with Crippen LogP contribution in [0.5, 0.6) is 0 Å². The number of fused-ring (bicyclic) bond motifs is 1. The lowest BCUT2D eigenvalue weighted by atomic mass is 9.82. The highest BCUT2D eigenvalue weighted by molar-refractivity contribution is 5.93. The number of nitrogens with zero attached hydrogens (tertiary/aromatic N) is 2. The molecule has 0 spiro atoms. The van der Waals surface area contributed by atoms with Crippen molar-refractivity contribution < 1.29 is 14.6 Å². The number of ether oxygens (including phenoxy) is 1. The molecule has 0 unspecified atom stereocenters. The van der Waals surface area contributed by atoms with Crippen LogP contribution in [0.2, 0.25) is 0 Å². The summed E-state index contributed by atoms with van der Waals surface area (Å²) in [6, 6.07) is 17.1. The van der Waals surface area contributed by atoms with Gasteiger partial charge in [-0.25, -0.2) is 4.79 Å². The average molecular weight is 470 g/mol. The minimum Gasteiger partial charge on any atom is -0.478 e. The number of carboxylic acids is 1. The first-order valence-corrected chi connectivity index (χ1v) is 12.2. The molecule has 35 heavy (non-hydrogen) atoms. The van der Waals surface area contributed by atoms with Crippen LogP contribution in [-0.4, -0.2) is 42.9 Å². The smallest absolute Gasteiger partial charge is 0.337 e. The van der Waals surface area contributed by atoms with Crippen molar-refractivity contribution in [2.24, 2.45) is 0 Å². The van der Waals surface area contributed by atoms with Crippen molar-refractivity contribution in [3.05, 3.63) is 89.3 Å². The van der Waals surface area contributed by atoms with Gasteiger partial charge in [-0.05, 0) is 78.3 Å². The van der Waals surface area contributed by atoms with Crippen LogP contribution in [0.3, 0.4) is 0 Å². The van der Waals surface area contributed by atoms with E-state index in [1.807, 2.05) is 0 Å². The summed E-state index contributed by atoms with van der Waals surface area (Å²) in [5.41, 5.74) is 8.52. The Hall–Kier alpha value is -3.64. The van der Waals surface area contributed by atoms with Gasteiger partial charge in [-0.1, -0.05) is 24.3 Å². The molecule has 5 rings (SSSR count). The number of benzene rings is 2. The van der Waals surface area contributed by atoms with Gasteiger partial charge in [-0.3, -0.25) is 4.98 Å². The van der Waals surface area contributed by atoms with E-state index < -0.39 is 5.97 Å². The summed E-state index contributed by atoms with van der Waals surface area (Å²) in [7, 11) is 2.11. The van der Waals surface area contributed by atoms with Crippen molar-refractivity contribution in [1.29, 1.82) is 0 Å². The summed E-state index contributed by atoms with van der Waals surface area (Å²) in [6.45, 7) is 2.18. The molecule has 0 saturated heterocycles. The molecule has 1 aliphatic heterocycles. The Bertz CT molecular complexity index is 1240. The first-order chi connectivity index (χ1) is 17.1. The molecule has 1 aromatic heterocycles. The van der Waals surface area contributed by atoms with E-state index in [0.29, 0.717) is 24.8 Å². The number of hydrogen-bond acceptors (Lipinski definition) is 5. The van der Waals surface area contributed by atoms with Gasteiger partial charge in [0.2, 0.25) is 0 Å². The number of pyridine rings is 1. The summed E-state index contributed by atoms with van der Waals surface area (Å²) < 4.78 is 5.43. The summed E-state index contributed by atoms with van der Waals surface area (Å²) in [4.78, 5) is 17.8. The van der Waals surface area contributed by atoms with Crippen LogP contribution >= 0.6 is 0 Å². The van der Waals surface area contributed by atoms with Gasteiger partial charge in [-0.15, -0.1) is 0 Å². The van der Waals surface area contributed by atoms with Gasteiger partial charge in [0.1, 0.15) is 0 Å². The maximum Gasteiger partial charge on any atom is 0.337 e. The molecule has 0 amide bonds. The van der Waals surface area contributed by atoms with Crippen LogP contribution in [0, 0.1) is 0 Å². The molecule has 3 aromatic rings. The van der Waals surface area contributed by atoms with Crippen molar-refractivity contribution in [3.8, 4) is 0 Å². The highest BCUT2D eigenvalue weighted by atomic mass is 16.5. The molecule has 2 heterocycles. The minimum atomic E-state index is -0.941. The molecule has 6 heteroatoms. The number of hydrogen-bond donors (Lipinski definition) is 2. The van der Waals surface area contributed by atoms with Crippen molar-refractivity contribution in [2.45, 2.75) is 31.6 Å². The topological polar surface area (TPSA) is 74.7 Å². The molecule has 180 valence electrons. The Morgan fingerprint density at radius 2 is 1.97 bits per heavy atom. The number of aryl methyl sites for hydroxylation is 1. The SMILES string of the molecule is CN(c1ccc(C2=CCOCC2)cc1)c1ccc2c(c1)CCC[C@H]2CNc1cnccc1C(=O)O. The van der Waals surface area contributed by atoms with Gasteiger partial charge in [0, 0.05) is 37.1 Å². The number of rotatable bonds is 7. The third-order valence-electron chi connectivity index (χ3n) is 7.13. The highest BCUT2D eigenvalue weighted by Crippen LogP contribution is 2.36. The number of carboxylic acid groups (broad SMARTS) is 1. The molecular weight excluding hydrogens is 438 g/mol. The minimum absolute atomic E-state index is 0.257. The van der Waals surface area contributed by atoms with E-state index >= 15 is 0 Å². The number of aromatic carboxylic acids is 1. The standard InChI is InChI=1S/C29H31N3O3/c1-32(24-7-5-20(6-8-24)21-12-15-35-16-13-21)25-9-10-26-22(17-25)3-2-4-23(26)18-31-28-19-30-14-11-27(28)29(33)34/h5-12,14,17,19,23,31H,2-4,13,15-16,18H2,1H3,(H,33,34)/t23-/m0/s1. The van der Waals surface area contributed by atoms with Gasteiger partial charge < -0.3 is 20.1 Å². The average Bonchev–Trinajstić information content (AvgIpc) is 2.92. The van der Waals surface area contributed by atoms with E-state index in [4.69, 9.17) is 4.74 Å². The van der Waals surface area contributed by atoms with E-state index in [2.05, 4.69) is 70.8 Å². The second-order valence-corrected chi connectivity index (χ2v) is 9.24. The molecule has 0 bridgehead atoms. The van der Waals surface area contributed by atoms with Crippen molar-refractivity contribution in [2.75, 3.05) is 37.0 Å². The zero-order valence-corrected chi connectivity index (χ0v) is 20.0. The zero-order chi connectivity index (χ0) is 24.2. The molecule has 0 radical (unpaired) electrons. The van der Waals surface area contributed by atoms with Gasteiger partial charge in [0.15, 0.2) is 0 Å². The highest BCUT2D eigenvalue weighted by Gasteiger charge is 2.22. The van der Waals surface area contributed by atoms with Crippen LogP contribution < -0.4 is 10.2 Å². The van der Waals surface area contributed by atoms with Gasteiger partial charge in [-0.2, -0.15) is 0 Å². The predicted molar refractivity (Wildman–Crippen MR) is 140 cm³/mol. The lowest BCUT2D eigenvalue weighted by Crippen LogP contribution is -2.20.